The first-order chi connectivity index (χ1) is 9.15. The highest BCUT2D eigenvalue weighted by atomic mass is 35.5. The largest absolute Gasteiger partial charge is 0.368 e. The van der Waals surface area contributed by atoms with Gasteiger partial charge in [-0.25, -0.2) is 14.4 Å². The Morgan fingerprint density at radius 2 is 2.05 bits per heavy atom. The van der Waals surface area contributed by atoms with Gasteiger partial charge in [-0.3, -0.25) is 4.98 Å². The summed E-state index contributed by atoms with van der Waals surface area (Å²) in [5.74, 6) is -0.340. The third-order valence-electron chi connectivity index (χ3n) is 2.69. The van der Waals surface area contributed by atoms with Crippen molar-refractivity contribution in [2.45, 2.75) is 0 Å². The molecule has 6 heteroatoms. The number of nitrogens with zero attached hydrogens (tertiary/aromatic N) is 3. The maximum absolute atomic E-state index is 14.0. The van der Waals surface area contributed by atoms with Gasteiger partial charge >= 0.3 is 0 Å². The Kier molecular flexibility index (Phi) is 2.76. The molecule has 0 spiro atoms. The highest BCUT2D eigenvalue weighted by Gasteiger charge is 2.11. The van der Waals surface area contributed by atoms with E-state index in [1.165, 1.54) is 12.3 Å². The molecule has 3 rings (SSSR count). The van der Waals surface area contributed by atoms with Gasteiger partial charge in [0.2, 0.25) is 5.95 Å². The third kappa shape index (κ3) is 2.08. The standard InChI is InChI=1S/C13H8ClFN4/c14-9-6-18-13(16)19-11(9)8-4-7-2-1-3-17-12(7)10(15)5-8/h1-6H,(H2,16,18,19). The van der Waals surface area contributed by atoms with Crippen LogP contribution >= 0.6 is 11.6 Å². The molecule has 0 aliphatic heterocycles. The molecule has 4 nitrogen and oxygen atoms in total. The second-order valence-corrected chi connectivity index (χ2v) is 4.37. The number of hydrogen-bond acceptors (Lipinski definition) is 4. The maximum atomic E-state index is 14.0. The molecular weight excluding hydrogens is 267 g/mol. The van der Waals surface area contributed by atoms with Gasteiger partial charge < -0.3 is 5.73 Å². The SMILES string of the molecule is Nc1ncc(Cl)c(-c2cc(F)c3ncccc3c2)n1. The number of nitrogen functional groups attached to an aromatic ring is 1. The minimum atomic E-state index is -0.429. The number of nitrogens with two attached hydrogens (primary N) is 1. The lowest BCUT2D eigenvalue weighted by Gasteiger charge is -2.06. The average molecular weight is 275 g/mol. The summed E-state index contributed by atoms with van der Waals surface area (Å²) in [4.78, 5) is 11.8. The summed E-state index contributed by atoms with van der Waals surface area (Å²) >= 11 is 6.02. The molecule has 0 aliphatic rings. The predicted octanol–water partition coefficient (Wildman–Crippen LogP) is 3.07. The molecule has 2 aromatic heterocycles. The number of benzene rings is 1. The molecular formula is C13H8ClFN4. The van der Waals surface area contributed by atoms with Crippen molar-refractivity contribution in [3.63, 3.8) is 0 Å². The summed E-state index contributed by atoms with van der Waals surface area (Å²) in [7, 11) is 0. The van der Waals surface area contributed by atoms with Crippen LogP contribution in [0, 0.1) is 5.82 Å². The zero-order chi connectivity index (χ0) is 13.4. The number of rotatable bonds is 1. The van der Waals surface area contributed by atoms with E-state index in [4.69, 9.17) is 17.3 Å². The van der Waals surface area contributed by atoms with Crippen LogP contribution in [0.25, 0.3) is 22.2 Å². The number of pyridine rings is 1. The van der Waals surface area contributed by atoms with E-state index in [0.717, 1.165) is 0 Å². The van der Waals surface area contributed by atoms with Crippen LogP contribution in [0.1, 0.15) is 0 Å². The van der Waals surface area contributed by atoms with Gasteiger partial charge in [0.25, 0.3) is 0 Å². The lowest BCUT2D eigenvalue weighted by atomic mass is 10.1. The van der Waals surface area contributed by atoms with Crippen LogP contribution in [-0.2, 0) is 0 Å². The number of anilines is 1. The van der Waals surface area contributed by atoms with Crippen molar-refractivity contribution < 1.29 is 4.39 Å². The molecule has 0 atom stereocenters. The van der Waals surface area contributed by atoms with Crippen LogP contribution in [0.3, 0.4) is 0 Å². The van der Waals surface area contributed by atoms with E-state index in [2.05, 4.69) is 15.0 Å². The van der Waals surface area contributed by atoms with E-state index in [-0.39, 0.29) is 5.95 Å². The fourth-order valence-corrected chi connectivity index (χ4v) is 2.07. The summed E-state index contributed by atoms with van der Waals surface area (Å²) in [5, 5.41) is 0.989. The van der Waals surface area contributed by atoms with Crippen LogP contribution in [0.2, 0.25) is 5.02 Å². The first-order valence-electron chi connectivity index (χ1n) is 5.48. The Labute approximate surface area is 113 Å². The van der Waals surface area contributed by atoms with Crippen LogP contribution in [0.15, 0.2) is 36.7 Å². The summed E-state index contributed by atoms with van der Waals surface area (Å²) < 4.78 is 14.0. The molecule has 0 aliphatic carbocycles. The Balaban J connectivity index is 2.28. The average Bonchev–Trinajstić information content (AvgIpc) is 2.41. The second-order valence-electron chi connectivity index (χ2n) is 3.96. The minimum Gasteiger partial charge on any atom is -0.368 e. The molecule has 0 fully saturated rings. The monoisotopic (exact) mass is 274 g/mol. The van der Waals surface area contributed by atoms with E-state index >= 15 is 0 Å². The summed E-state index contributed by atoms with van der Waals surface area (Å²) in [6, 6.07) is 6.61. The molecule has 2 heterocycles. The van der Waals surface area contributed by atoms with Gasteiger partial charge in [0.05, 0.1) is 16.9 Å². The molecule has 0 saturated carbocycles. The molecule has 0 radical (unpaired) electrons. The molecule has 0 amide bonds. The van der Waals surface area contributed by atoms with E-state index in [1.807, 2.05) is 0 Å². The lowest BCUT2D eigenvalue weighted by molar-refractivity contribution is 0.637. The molecule has 0 bridgehead atoms. The predicted molar refractivity (Wildman–Crippen MR) is 72.1 cm³/mol. The van der Waals surface area contributed by atoms with Crippen molar-refractivity contribution in [1.29, 1.82) is 0 Å². The van der Waals surface area contributed by atoms with Crippen molar-refractivity contribution in [2.24, 2.45) is 0 Å². The molecule has 3 aromatic rings. The Morgan fingerprint density at radius 3 is 2.89 bits per heavy atom. The van der Waals surface area contributed by atoms with Gasteiger partial charge in [0, 0.05) is 17.1 Å². The van der Waals surface area contributed by atoms with Crippen LogP contribution < -0.4 is 5.73 Å². The van der Waals surface area contributed by atoms with Gasteiger partial charge in [-0.2, -0.15) is 0 Å². The fourth-order valence-electron chi connectivity index (χ4n) is 1.87. The van der Waals surface area contributed by atoms with Crippen molar-refractivity contribution in [1.82, 2.24) is 15.0 Å². The molecule has 19 heavy (non-hydrogen) atoms. The molecule has 2 N–H and O–H groups in total. The van der Waals surface area contributed by atoms with Gasteiger partial charge in [0.1, 0.15) is 11.3 Å². The third-order valence-corrected chi connectivity index (χ3v) is 2.97. The zero-order valence-corrected chi connectivity index (χ0v) is 10.4. The molecule has 1 aromatic carbocycles. The Morgan fingerprint density at radius 1 is 1.21 bits per heavy atom. The smallest absolute Gasteiger partial charge is 0.220 e. The fraction of sp³-hybridized carbons (Fsp3) is 0. The van der Waals surface area contributed by atoms with Crippen LogP contribution in [0.5, 0.6) is 0 Å². The number of halogens is 2. The highest BCUT2D eigenvalue weighted by molar-refractivity contribution is 6.33. The van der Waals surface area contributed by atoms with Crippen molar-refractivity contribution in [3.8, 4) is 11.3 Å². The highest BCUT2D eigenvalue weighted by Crippen LogP contribution is 2.29. The van der Waals surface area contributed by atoms with E-state index in [0.29, 0.717) is 27.2 Å². The van der Waals surface area contributed by atoms with E-state index in [9.17, 15) is 4.39 Å². The normalized spacial score (nSPS) is 10.8. The van der Waals surface area contributed by atoms with Crippen molar-refractivity contribution in [2.75, 3.05) is 5.73 Å². The Bertz CT molecular complexity index is 776. The van der Waals surface area contributed by atoms with Gasteiger partial charge in [-0.1, -0.05) is 17.7 Å². The lowest BCUT2D eigenvalue weighted by Crippen LogP contribution is -1.97. The maximum Gasteiger partial charge on any atom is 0.220 e. The molecule has 0 unspecified atom stereocenters. The summed E-state index contributed by atoms with van der Waals surface area (Å²) in [6.07, 6.45) is 2.94. The summed E-state index contributed by atoms with van der Waals surface area (Å²) in [5.41, 5.74) is 6.78. The van der Waals surface area contributed by atoms with E-state index < -0.39 is 5.82 Å². The number of aromatic nitrogens is 3. The van der Waals surface area contributed by atoms with E-state index in [1.54, 1.807) is 24.4 Å². The van der Waals surface area contributed by atoms with Crippen LogP contribution in [0.4, 0.5) is 10.3 Å². The quantitative estimate of drug-likeness (QED) is 0.741. The zero-order valence-electron chi connectivity index (χ0n) is 9.64. The number of fused-ring (bicyclic) bond motifs is 1. The summed E-state index contributed by atoms with van der Waals surface area (Å²) in [6.45, 7) is 0. The van der Waals surface area contributed by atoms with Crippen molar-refractivity contribution in [3.05, 3.63) is 47.5 Å². The Hall–Kier alpha value is -2.27. The molecule has 94 valence electrons. The minimum absolute atomic E-state index is 0.0890. The number of hydrogen-bond donors (Lipinski definition) is 1. The van der Waals surface area contributed by atoms with Gasteiger partial charge in [0.15, 0.2) is 0 Å². The van der Waals surface area contributed by atoms with Crippen molar-refractivity contribution >= 4 is 28.5 Å². The first kappa shape index (κ1) is 11.8. The molecule has 0 saturated heterocycles. The second kappa shape index (κ2) is 4.44. The van der Waals surface area contributed by atoms with Gasteiger partial charge in [-0.05, 0) is 18.2 Å². The first-order valence-corrected chi connectivity index (χ1v) is 5.85. The van der Waals surface area contributed by atoms with Crippen LogP contribution in [-0.4, -0.2) is 15.0 Å². The van der Waals surface area contributed by atoms with Gasteiger partial charge in [-0.15, -0.1) is 0 Å². The topological polar surface area (TPSA) is 64.7 Å².